The molecule has 1 aromatic carbocycles. The summed E-state index contributed by atoms with van der Waals surface area (Å²) in [4.78, 5) is 11.7. The van der Waals surface area contributed by atoms with E-state index in [0.717, 1.165) is 0 Å². The van der Waals surface area contributed by atoms with Gasteiger partial charge in [-0.3, -0.25) is 4.79 Å². The summed E-state index contributed by atoms with van der Waals surface area (Å²) in [5, 5.41) is 11.7. The van der Waals surface area contributed by atoms with Crippen LogP contribution in [-0.4, -0.2) is 25.7 Å². The maximum Gasteiger partial charge on any atom is 0.258 e. The van der Waals surface area contributed by atoms with Crippen molar-refractivity contribution in [2.45, 2.75) is 26.8 Å². The Balaban J connectivity index is 2.62. The highest BCUT2D eigenvalue weighted by Crippen LogP contribution is 2.27. The van der Waals surface area contributed by atoms with Gasteiger partial charge in [-0.15, -0.1) is 0 Å². The zero-order valence-electron chi connectivity index (χ0n) is 12.3. The van der Waals surface area contributed by atoms with Crippen LogP contribution in [0.1, 0.15) is 26.3 Å². The van der Waals surface area contributed by atoms with Crippen molar-refractivity contribution in [2.24, 2.45) is 5.92 Å². The third-order valence-corrected chi connectivity index (χ3v) is 3.04. The Hall–Kier alpha value is -2.22. The van der Waals surface area contributed by atoms with Crippen LogP contribution in [0.5, 0.6) is 11.5 Å². The topological polar surface area (TPSA) is 71.3 Å². The van der Waals surface area contributed by atoms with E-state index >= 15 is 0 Å². The van der Waals surface area contributed by atoms with Crippen LogP contribution in [0, 0.1) is 17.2 Å². The highest BCUT2D eigenvalue weighted by molar-refractivity contribution is 5.77. The van der Waals surface area contributed by atoms with Gasteiger partial charge in [-0.2, -0.15) is 5.26 Å². The van der Waals surface area contributed by atoms with Crippen molar-refractivity contribution in [1.29, 1.82) is 5.26 Å². The fourth-order valence-electron chi connectivity index (χ4n) is 1.46. The van der Waals surface area contributed by atoms with E-state index < -0.39 is 0 Å². The molecule has 108 valence electrons. The number of hydrogen-bond donors (Lipinski definition) is 1. The minimum atomic E-state index is -0.183. The number of carbonyl (C=O) groups excluding carboxylic acids is 1. The molecule has 1 aromatic rings. The van der Waals surface area contributed by atoms with Crippen molar-refractivity contribution in [3.05, 3.63) is 23.8 Å². The lowest BCUT2D eigenvalue weighted by Gasteiger charge is -2.18. The molecule has 0 saturated carbocycles. The maximum absolute atomic E-state index is 11.7. The van der Waals surface area contributed by atoms with Crippen LogP contribution in [0.25, 0.3) is 0 Å². The molecule has 0 heterocycles. The van der Waals surface area contributed by atoms with Gasteiger partial charge in [0, 0.05) is 12.1 Å². The number of rotatable bonds is 6. The van der Waals surface area contributed by atoms with Gasteiger partial charge in [0.05, 0.1) is 18.7 Å². The Bertz CT molecular complexity index is 506. The molecule has 0 aromatic heterocycles. The van der Waals surface area contributed by atoms with E-state index in [0.29, 0.717) is 23.0 Å². The van der Waals surface area contributed by atoms with Gasteiger partial charge in [0.15, 0.2) is 18.1 Å². The van der Waals surface area contributed by atoms with Crippen LogP contribution >= 0.6 is 0 Å². The van der Waals surface area contributed by atoms with Crippen molar-refractivity contribution >= 4 is 5.91 Å². The standard InChI is InChI=1S/C15H20N2O3/c1-10(2)11(3)17-15(18)9-20-13-6-5-12(8-16)7-14(13)19-4/h5-7,10-11H,9H2,1-4H3,(H,17,18). The van der Waals surface area contributed by atoms with Gasteiger partial charge in [0.1, 0.15) is 0 Å². The fraction of sp³-hybridized carbons (Fsp3) is 0.467. The second kappa shape index (κ2) is 7.39. The molecule has 1 atom stereocenters. The van der Waals surface area contributed by atoms with E-state index in [9.17, 15) is 4.79 Å². The number of amides is 1. The summed E-state index contributed by atoms with van der Waals surface area (Å²) >= 11 is 0. The predicted molar refractivity (Wildman–Crippen MR) is 75.6 cm³/mol. The second-order valence-electron chi connectivity index (χ2n) is 4.87. The predicted octanol–water partition coefficient (Wildman–Crippen LogP) is 2.11. The molecule has 5 heteroatoms. The summed E-state index contributed by atoms with van der Waals surface area (Å²) in [6.45, 7) is 5.94. The van der Waals surface area contributed by atoms with E-state index in [4.69, 9.17) is 14.7 Å². The average Bonchev–Trinajstić information content (AvgIpc) is 2.44. The molecule has 1 N–H and O–H groups in total. The third-order valence-electron chi connectivity index (χ3n) is 3.04. The van der Waals surface area contributed by atoms with Crippen molar-refractivity contribution in [3.8, 4) is 17.6 Å². The smallest absolute Gasteiger partial charge is 0.258 e. The Labute approximate surface area is 119 Å². The lowest BCUT2D eigenvalue weighted by atomic mass is 10.1. The quantitative estimate of drug-likeness (QED) is 0.863. The number of nitrogens with one attached hydrogen (secondary N) is 1. The van der Waals surface area contributed by atoms with Gasteiger partial charge in [-0.1, -0.05) is 13.8 Å². The largest absolute Gasteiger partial charge is 0.493 e. The van der Waals surface area contributed by atoms with Gasteiger partial charge >= 0.3 is 0 Å². The number of benzene rings is 1. The maximum atomic E-state index is 11.7. The summed E-state index contributed by atoms with van der Waals surface area (Å²) < 4.78 is 10.6. The average molecular weight is 276 g/mol. The number of carbonyl (C=O) groups is 1. The van der Waals surface area contributed by atoms with Crippen molar-refractivity contribution in [3.63, 3.8) is 0 Å². The van der Waals surface area contributed by atoms with Crippen molar-refractivity contribution in [1.82, 2.24) is 5.32 Å². The van der Waals surface area contributed by atoms with E-state index in [1.54, 1.807) is 18.2 Å². The summed E-state index contributed by atoms with van der Waals surface area (Å²) in [6, 6.07) is 6.92. The summed E-state index contributed by atoms with van der Waals surface area (Å²) in [7, 11) is 1.49. The first-order valence-electron chi connectivity index (χ1n) is 6.48. The number of nitrogens with zero attached hydrogens (tertiary/aromatic N) is 1. The minimum absolute atomic E-state index is 0.0840. The van der Waals surface area contributed by atoms with Gasteiger partial charge < -0.3 is 14.8 Å². The monoisotopic (exact) mass is 276 g/mol. The Morgan fingerprint density at radius 2 is 2.05 bits per heavy atom. The molecule has 1 amide bonds. The fourth-order valence-corrected chi connectivity index (χ4v) is 1.46. The molecule has 0 fully saturated rings. The molecule has 0 spiro atoms. The molecule has 1 rings (SSSR count). The van der Waals surface area contributed by atoms with E-state index in [2.05, 4.69) is 5.32 Å². The normalized spacial score (nSPS) is 11.6. The third kappa shape index (κ3) is 4.47. The van der Waals surface area contributed by atoms with Crippen LogP contribution in [-0.2, 0) is 4.79 Å². The molecule has 0 bridgehead atoms. The zero-order valence-corrected chi connectivity index (χ0v) is 12.3. The van der Waals surface area contributed by atoms with E-state index in [1.165, 1.54) is 7.11 Å². The molecule has 5 nitrogen and oxygen atoms in total. The van der Waals surface area contributed by atoms with Gasteiger partial charge in [0.25, 0.3) is 5.91 Å². The van der Waals surface area contributed by atoms with Gasteiger partial charge in [0.2, 0.25) is 0 Å². The Morgan fingerprint density at radius 3 is 2.60 bits per heavy atom. The summed E-state index contributed by atoms with van der Waals surface area (Å²) in [6.07, 6.45) is 0. The van der Waals surface area contributed by atoms with Crippen LogP contribution < -0.4 is 14.8 Å². The number of ether oxygens (including phenoxy) is 2. The lowest BCUT2D eigenvalue weighted by molar-refractivity contribution is -0.124. The molecule has 20 heavy (non-hydrogen) atoms. The van der Waals surface area contributed by atoms with Crippen LogP contribution in [0.15, 0.2) is 18.2 Å². The number of nitriles is 1. The van der Waals surface area contributed by atoms with Crippen LogP contribution in [0.3, 0.4) is 0 Å². The summed E-state index contributed by atoms with van der Waals surface area (Å²) in [5.41, 5.74) is 0.479. The van der Waals surface area contributed by atoms with Crippen LogP contribution in [0.2, 0.25) is 0 Å². The van der Waals surface area contributed by atoms with E-state index in [-0.39, 0.29) is 18.6 Å². The van der Waals surface area contributed by atoms with Gasteiger partial charge in [-0.05, 0) is 25.0 Å². The van der Waals surface area contributed by atoms with E-state index in [1.807, 2.05) is 26.8 Å². The first kappa shape index (κ1) is 15.8. The number of methoxy groups -OCH3 is 1. The highest BCUT2D eigenvalue weighted by Gasteiger charge is 2.12. The van der Waals surface area contributed by atoms with Crippen molar-refractivity contribution < 1.29 is 14.3 Å². The van der Waals surface area contributed by atoms with Crippen molar-refractivity contribution in [2.75, 3.05) is 13.7 Å². The second-order valence-corrected chi connectivity index (χ2v) is 4.87. The lowest BCUT2D eigenvalue weighted by Crippen LogP contribution is -2.38. The molecule has 0 radical (unpaired) electrons. The zero-order chi connectivity index (χ0) is 15.1. The summed E-state index contributed by atoms with van der Waals surface area (Å²) in [5.74, 6) is 1.06. The Kier molecular flexibility index (Phi) is 5.85. The Morgan fingerprint density at radius 1 is 1.35 bits per heavy atom. The van der Waals surface area contributed by atoms with Gasteiger partial charge in [-0.25, -0.2) is 0 Å². The molecule has 0 aliphatic rings. The molecular weight excluding hydrogens is 256 g/mol. The molecule has 0 aliphatic carbocycles. The number of hydrogen-bond acceptors (Lipinski definition) is 4. The molecular formula is C15H20N2O3. The SMILES string of the molecule is COc1cc(C#N)ccc1OCC(=O)NC(C)C(C)C. The molecule has 0 aliphatic heterocycles. The molecule has 1 unspecified atom stereocenters. The minimum Gasteiger partial charge on any atom is -0.493 e. The highest BCUT2D eigenvalue weighted by atomic mass is 16.5. The van der Waals surface area contributed by atoms with Crippen LogP contribution in [0.4, 0.5) is 0 Å². The first-order chi connectivity index (χ1) is 9.47. The first-order valence-corrected chi connectivity index (χ1v) is 6.48. The molecule has 0 saturated heterocycles.